The van der Waals surface area contributed by atoms with Crippen molar-refractivity contribution >= 4 is 8.32 Å². The van der Waals surface area contributed by atoms with E-state index in [0.717, 1.165) is 0 Å². The molecule has 106 valence electrons. The van der Waals surface area contributed by atoms with Crippen molar-refractivity contribution in [2.45, 2.75) is 65.0 Å². The second kappa shape index (κ2) is 5.75. The number of aliphatic hydroxyl groups is 2. The molecule has 0 fully saturated rings. The van der Waals surface area contributed by atoms with Gasteiger partial charge in [-0.3, -0.25) is 0 Å². The third-order valence-electron chi connectivity index (χ3n) is 3.90. The van der Waals surface area contributed by atoms with Crippen molar-refractivity contribution in [3.05, 3.63) is 0 Å². The number of aliphatic hydroxyl groups excluding tert-OH is 2. The summed E-state index contributed by atoms with van der Waals surface area (Å²) < 4.78 is 5.88. The van der Waals surface area contributed by atoms with Crippen molar-refractivity contribution < 1.29 is 14.6 Å². The van der Waals surface area contributed by atoms with Crippen LogP contribution in [0.4, 0.5) is 0 Å². The van der Waals surface area contributed by atoms with E-state index >= 15 is 0 Å². The summed E-state index contributed by atoms with van der Waals surface area (Å²) in [4.78, 5) is 0. The summed E-state index contributed by atoms with van der Waals surface area (Å²) in [5, 5.41) is 20.0. The van der Waals surface area contributed by atoms with Gasteiger partial charge < -0.3 is 14.6 Å². The Labute approximate surface area is 113 Å². The van der Waals surface area contributed by atoms with Gasteiger partial charge in [0.05, 0.1) is 18.1 Å². The van der Waals surface area contributed by atoms with Crippen LogP contribution >= 0.6 is 0 Å². The maximum atomic E-state index is 9.99. The number of rotatable bonds is 5. The highest BCUT2D eigenvalue weighted by molar-refractivity contribution is 6.74. The van der Waals surface area contributed by atoms with Gasteiger partial charge in [0, 0.05) is 0 Å². The van der Waals surface area contributed by atoms with E-state index in [1.807, 2.05) is 0 Å². The van der Waals surface area contributed by atoms with Crippen molar-refractivity contribution in [3.8, 4) is 12.3 Å². The van der Waals surface area contributed by atoms with Crippen LogP contribution in [0.2, 0.25) is 18.1 Å². The zero-order valence-corrected chi connectivity index (χ0v) is 13.7. The second-order valence-corrected chi connectivity index (χ2v) is 11.8. The van der Waals surface area contributed by atoms with Gasteiger partial charge in [-0.15, -0.1) is 6.42 Å². The summed E-state index contributed by atoms with van der Waals surface area (Å²) in [5.41, 5.74) is -0.754. The topological polar surface area (TPSA) is 49.7 Å². The van der Waals surface area contributed by atoms with Gasteiger partial charge in [-0.05, 0) is 32.0 Å². The molecule has 0 aromatic carbocycles. The first kappa shape index (κ1) is 17.7. The van der Waals surface area contributed by atoms with Gasteiger partial charge in [0.25, 0.3) is 0 Å². The highest BCUT2D eigenvalue weighted by Gasteiger charge is 2.39. The first-order chi connectivity index (χ1) is 7.85. The predicted octanol–water partition coefficient (Wildman–Crippen LogP) is 2.39. The van der Waals surface area contributed by atoms with Crippen LogP contribution in [0.3, 0.4) is 0 Å². The predicted molar refractivity (Wildman–Crippen MR) is 77.8 cm³/mol. The molecule has 18 heavy (non-hydrogen) atoms. The Morgan fingerprint density at radius 2 is 1.61 bits per heavy atom. The molecule has 0 amide bonds. The van der Waals surface area contributed by atoms with E-state index in [1.54, 1.807) is 13.8 Å². The standard InChI is InChI=1S/C14H28O3Si/c1-9-14(5,6)12(16)11(15)10-17-18(7,8)13(2,3)4/h1,11-12,15-16H,10H2,2-8H3/t11-,12+/m1/s1. The Morgan fingerprint density at radius 3 is 1.94 bits per heavy atom. The Balaban J connectivity index is 4.54. The van der Waals surface area contributed by atoms with Crippen molar-refractivity contribution in [1.29, 1.82) is 0 Å². The molecule has 0 unspecified atom stereocenters. The van der Waals surface area contributed by atoms with Crippen molar-refractivity contribution in [2.24, 2.45) is 5.41 Å². The number of terminal acetylenes is 1. The van der Waals surface area contributed by atoms with Crippen LogP contribution in [0.1, 0.15) is 34.6 Å². The summed E-state index contributed by atoms with van der Waals surface area (Å²) in [6.07, 6.45) is 3.41. The molecule has 0 saturated heterocycles. The van der Waals surface area contributed by atoms with Crippen molar-refractivity contribution in [3.63, 3.8) is 0 Å². The van der Waals surface area contributed by atoms with E-state index < -0.39 is 25.9 Å². The maximum Gasteiger partial charge on any atom is 0.192 e. The first-order valence-corrected chi connectivity index (χ1v) is 9.24. The van der Waals surface area contributed by atoms with Gasteiger partial charge in [0.1, 0.15) is 6.10 Å². The summed E-state index contributed by atoms with van der Waals surface area (Å²) in [5.74, 6) is 2.50. The van der Waals surface area contributed by atoms with Gasteiger partial charge in [-0.2, -0.15) is 0 Å². The fourth-order valence-electron chi connectivity index (χ4n) is 1.17. The van der Waals surface area contributed by atoms with Crippen LogP contribution in [-0.4, -0.2) is 37.3 Å². The minimum Gasteiger partial charge on any atom is -0.414 e. The van der Waals surface area contributed by atoms with Crippen LogP contribution in [0, 0.1) is 17.8 Å². The summed E-state index contributed by atoms with van der Waals surface area (Å²) >= 11 is 0. The molecule has 0 aliphatic heterocycles. The molecule has 2 atom stereocenters. The zero-order chi connectivity index (χ0) is 14.8. The number of hydrogen-bond donors (Lipinski definition) is 2. The highest BCUT2D eigenvalue weighted by Crippen LogP contribution is 2.36. The van der Waals surface area contributed by atoms with Crippen LogP contribution < -0.4 is 0 Å². The van der Waals surface area contributed by atoms with E-state index in [-0.39, 0.29) is 11.6 Å². The lowest BCUT2D eigenvalue weighted by atomic mass is 9.85. The molecule has 0 heterocycles. The molecule has 2 N–H and O–H groups in total. The second-order valence-electron chi connectivity index (χ2n) is 6.95. The average Bonchev–Trinajstić information content (AvgIpc) is 2.23. The van der Waals surface area contributed by atoms with E-state index in [0.29, 0.717) is 0 Å². The van der Waals surface area contributed by atoms with Gasteiger partial charge in [0.15, 0.2) is 8.32 Å². The van der Waals surface area contributed by atoms with Gasteiger partial charge in [-0.25, -0.2) is 0 Å². The zero-order valence-electron chi connectivity index (χ0n) is 12.7. The lowest BCUT2D eigenvalue weighted by Gasteiger charge is -2.38. The molecule has 0 bridgehead atoms. The van der Waals surface area contributed by atoms with Gasteiger partial charge >= 0.3 is 0 Å². The smallest absolute Gasteiger partial charge is 0.192 e. The first-order valence-electron chi connectivity index (χ1n) is 6.33. The van der Waals surface area contributed by atoms with Crippen molar-refractivity contribution in [1.82, 2.24) is 0 Å². The Hall–Kier alpha value is -0.343. The Morgan fingerprint density at radius 1 is 1.17 bits per heavy atom. The Kier molecular flexibility index (Phi) is 5.64. The molecule has 0 aliphatic rings. The van der Waals surface area contributed by atoms with Gasteiger partial charge in [-0.1, -0.05) is 26.7 Å². The fourth-order valence-corrected chi connectivity index (χ4v) is 2.19. The molecular formula is C14H28O3Si. The quantitative estimate of drug-likeness (QED) is 0.597. The van der Waals surface area contributed by atoms with E-state index in [2.05, 4.69) is 39.8 Å². The molecule has 0 aromatic heterocycles. The summed E-state index contributed by atoms with van der Waals surface area (Å²) in [6, 6.07) is 0. The lowest BCUT2D eigenvalue weighted by Crippen LogP contribution is -2.47. The molecule has 0 spiro atoms. The third kappa shape index (κ3) is 4.40. The summed E-state index contributed by atoms with van der Waals surface area (Å²) in [6.45, 7) is 14.2. The average molecular weight is 272 g/mol. The summed E-state index contributed by atoms with van der Waals surface area (Å²) in [7, 11) is -1.91. The SMILES string of the molecule is C#CC(C)(C)[C@@H](O)[C@H](O)CO[Si](C)(C)C(C)(C)C. The van der Waals surface area contributed by atoms with Crippen LogP contribution in [0.25, 0.3) is 0 Å². The van der Waals surface area contributed by atoms with Gasteiger partial charge in [0.2, 0.25) is 0 Å². The molecule has 0 aromatic rings. The normalized spacial score (nSPS) is 17.1. The molecule has 0 saturated carbocycles. The largest absolute Gasteiger partial charge is 0.414 e. The van der Waals surface area contributed by atoms with Crippen LogP contribution in [-0.2, 0) is 4.43 Å². The maximum absolute atomic E-state index is 9.99. The molecule has 4 heteroatoms. The van der Waals surface area contributed by atoms with E-state index in [1.165, 1.54) is 0 Å². The lowest BCUT2D eigenvalue weighted by molar-refractivity contribution is -0.0510. The molecular weight excluding hydrogens is 244 g/mol. The van der Waals surface area contributed by atoms with Crippen molar-refractivity contribution in [2.75, 3.05) is 6.61 Å². The third-order valence-corrected chi connectivity index (χ3v) is 8.40. The number of hydrogen-bond acceptors (Lipinski definition) is 3. The Bertz CT molecular complexity index is 310. The fraction of sp³-hybridized carbons (Fsp3) is 0.857. The minimum absolute atomic E-state index is 0.0826. The molecule has 3 nitrogen and oxygen atoms in total. The highest BCUT2D eigenvalue weighted by atomic mass is 28.4. The molecule has 0 aliphatic carbocycles. The monoisotopic (exact) mass is 272 g/mol. The van der Waals surface area contributed by atoms with E-state index in [4.69, 9.17) is 10.8 Å². The molecule has 0 rings (SSSR count). The van der Waals surface area contributed by atoms with Crippen LogP contribution in [0.15, 0.2) is 0 Å². The van der Waals surface area contributed by atoms with Crippen LogP contribution in [0.5, 0.6) is 0 Å². The molecule has 0 radical (unpaired) electrons. The minimum atomic E-state index is -1.91. The van der Waals surface area contributed by atoms with E-state index in [9.17, 15) is 10.2 Å².